The first-order chi connectivity index (χ1) is 9.10. The highest BCUT2D eigenvalue weighted by Crippen LogP contribution is 2.22. The summed E-state index contributed by atoms with van der Waals surface area (Å²) in [6.07, 6.45) is 1.97. The van der Waals surface area contributed by atoms with Gasteiger partial charge in [0.05, 0.1) is 6.04 Å². The second kappa shape index (κ2) is 6.30. The molecule has 1 atom stereocenters. The number of hydrogen-bond donors (Lipinski definition) is 2. The van der Waals surface area contributed by atoms with E-state index in [1.54, 1.807) is 30.5 Å². The number of nitrogens with one attached hydrogen (secondary N) is 1. The van der Waals surface area contributed by atoms with Crippen LogP contribution in [0, 0.1) is 5.82 Å². The summed E-state index contributed by atoms with van der Waals surface area (Å²) in [6, 6.07) is 7.79. The minimum atomic E-state index is -0.354. The molecule has 1 aromatic carbocycles. The fourth-order valence-corrected chi connectivity index (χ4v) is 2.16. The average molecular weight is 300 g/mol. The average Bonchev–Trinajstić information content (AvgIpc) is 2.38. The Balaban J connectivity index is 2.24. The van der Waals surface area contributed by atoms with Gasteiger partial charge in [0, 0.05) is 11.2 Å². The Morgan fingerprint density at radius 2 is 2.05 bits per heavy atom. The van der Waals surface area contributed by atoms with E-state index in [-0.39, 0.29) is 11.9 Å². The number of nitrogens with two attached hydrogens (primary N) is 1. The van der Waals surface area contributed by atoms with Gasteiger partial charge in [-0.15, -0.1) is 0 Å². The van der Waals surface area contributed by atoms with Crippen molar-refractivity contribution in [2.45, 2.75) is 12.5 Å². The third-order valence-corrected chi connectivity index (χ3v) is 3.24. The number of rotatable bonds is 4. The van der Waals surface area contributed by atoms with Gasteiger partial charge in [-0.3, -0.25) is 11.3 Å². The Morgan fingerprint density at radius 1 is 1.26 bits per heavy atom. The molecule has 1 unspecified atom stereocenters. The number of hydrazine groups is 1. The summed E-state index contributed by atoms with van der Waals surface area (Å²) in [5.74, 6) is 5.17. The molecular weight excluding hydrogens is 288 g/mol. The zero-order valence-electron chi connectivity index (χ0n) is 9.91. The highest BCUT2D eigenvalue weighted by atomic mass is 35.5. The summed E-state index contributed by atoms with van der Waals surface area (Å²) in [5.41, 5.74) is 4.02. The van der Waals surface area contributed by atoms with Crippen molar-refractivity contribution >= 4 is 23.2 Å². The summed E-state index contributed by atoms with van der Waals surface area (Å²) in [4.78, 5) is 3.90. The number of aromatic nitrogens is 1. The molecule has 0 radical (unpaired) electrons. The fourth-order valence-electron chi connectivity index (χ4n) is 1.81. The standard InChI is InChI=1S/C13H12Cl2FN3/c14-10-2-1-8(11(16)7-10)5-12(19-17)9-3-4-18-13(15)6-9/h1-4,6-7,12,19H,5,17H2. The first-order valence-corrected chi connectivity index (χ1v) is 6.37. The Labute approximate surface area is 120 Å². The number of pyridine rings is 1. The van der Waals surface area contributed by atoms with Crippen LogP contribution in [-0.2, 0) is 6.42 Å². The van der Waals surface area contributed by atoms with Crippen LogP contribution in [0.5, 0.6) is 0 Å². The minimum Gasteiger partial charge on any atom is -0.271 e. The van der Waals surface area contributed by atoms with Gasteiger partial charge in [0.1, 0.15) is 11.0 Å². The van der Waals surface area contributed by atoms with E-state index in [1.807, 2.05) is 0 Å². The molecule has 2 aromatic rings. The number of nitrogens with zero attached hydrogens (tertiary/aromatic N) is 1. The summed E-state index contributed by atoms with van der Waals surface area (Å²) < 4.78 is 13.8. The van der Waals surface area contributed by atoms with Gasteiger partial charge in [-0.05, 0) is 41.8 Å². The number of halogens is 3. The van der Waals surface area contributed by atoms with E-state index in [0.29, 0.717) is 22.2 Å². The highest BCUT2D eigenvalue weighted by molar-refractivity contribution is 6.30. The fraction of sp³-hybridized carbons (Fsp3) is 0.154. The van der Waals surface area contributed by atoms with Crippen molar-refractivity contribution in [2.75, 3.05) is 0 Å². The van der Waals surface area contributed by atoms with Crippen LogP contribution < -0.4 is 11.3 Å². The molecule has 3 N–H and O–H groups in total. The summed E-state index contributed by atoms with van der Waals surface area (Å²) >= 11 is 11.5. The molecule has 19 heavy (non-hydrogen) atoms. The van der Waals surface area contributed by atoms with Crippen molar-refractivity contribution in [3.8, 4) is 0 Å². The Bertz CT molecular complexity index is 578. The van der Waals surface area contributed by atoms with Crippen LogP contribution in [-0.4, -0.2) is 4.98 Å². The van der Waals surface area contributed by atoms with Gasteiger partial charge in [-0.25, -0.2) is 9.37 Å². The van der Waals surface area contributed by atoms with E-state index in [0.717, 1.165) is 5.56 Å². The molecule has 0 aliphatic carbocycles. The third-order valence-electron chi connectivity index (χ3n) is 2.79. The van der Waals surface area contributed by atoms with E-state index in [2.05, 4.69) is 10.4 Å². The lowest BCUT2D eigenvalue weighted by Crippen LogP contribution is -2.29. The molecule has 0 aliphatic heterocycles. The van der Waals surface area contributed by atoms with E-state index in [1.165, 1.54) is 6.07 Å². The smallest absolute Gasteiger partial charge is 0.129 e. The Kier molecular flexibility index (Phi) is 4.71. The Morgan fingerprint density at radius 3 is 2.68 bits per heavy atom. The maximum atomic E-state index is 13.8. The van der Waals surface area contributed by atoms with Crippen LogP contribution in [0.1, 0.15) is 17.2 Å². The number of hydrogen-bond acceptors (Lipinski definition) is 3. The van der Waals surface area contributed by atoms with E-state index >= 15 is 0 Å². The first kappa shape index (κ1) is 14.2. The third kappa shape index (κ3) is 3.64. The van der Waals surface area contributed by atoms with Crippen molar-refractivity contribution in [3.63, 3.8) is 0 Å². The highest BCUT2D eigenvalue weighted by Gasteiger charge is 2.14. The summed E-state index contributed by atoms with van der Waals surface area (Å²) in [6.45, 7) is 0. The van der Waals surface area contributed by atoms with E-state index in [9.17, 15) is 4.39 Å². The second-order valence-corrected chi connectivity index (χ2v) is 4.89. The predicted molar refractivity (Wildman–Crippen MR) is 74.4 cm³/mol. The molecule has 0 amide bonds. The molecule has 0 fully saturated rings. The van der Waals surface area contributed by atoms with Gasteiger partial charge < -0.3 is 0 Å². The van der Waals surface area contributed by atoms with Crippen molar-refractivity contribution in [3.05, 3.63) is 63.6 Å². The van der Waals surface area contributed by atoms with Crippen LogP contribution in [0.3, 0.4) is 0 Å². The molecular formula is C13H12Cl2FN3. The van der Waals surface area contributed by atoms with Gasteiger partial charge in [-0.1, -0.05) is 29.3 Å². The molecule has 6 heteroatoms. The van der Waals surface area contributed by atoms with Crippen LogP contribution in [0.15, 0.2) is 36.5 Å². The quantitative estimate of drug-likeness (QED) is 0.517. The first-order valence-electron chi connectivity index (χ1n) is 5.61. The molecule has 1 heterocycles. The second-order valence-electron chi connectivity index (χ2n) is 4.07. The summed E-state index contributed by atoms with van der Waals surface area (Å²) in [5, 5.41) is 0.736. The maximum absolute atomic E-state index is 13.8. The van der Waals surface area contributed by atoms with Crippen LogP contribution in [0.2, 0.25) is 10.2 Å². The maximum Gasteiger partial charge on any atom is 0.129 e. The van der Waals surface area contributed by atoms with Gasteiger partial charge in [0.2, 0.25) is 0 Å². The lowest BCUT2D eigenvalue weighted by Gasteiger charge is -2.17. The molecule has 0 aliphatic rings. The lowest BCUT2D eigenvalue weighted by atomic mass is 10.00. The monoisotopic (exact) mass is 299 g/mol. The van der Waals surface area contributed by atoms with Crippen LogP contribution >= 0.6 is 23.2 Å². The molecule has 0 saturated carbocycles. The minimum absolute atomic E-state index is 0.254. The molecule has 1 aromatic heterocycles. The molecule has 2 rings (SSSR count). The predicted octanol–water partition coefficient (Wildman–Crippen LogP) is 3.27. The van der Waals surface area contributed by atoms with Crippen molar-refractivity contribution in [2.24, 2.45) is 5.84 Å². The topological polar surface area (TPSA) is 50.9 Å². The van der Waals surface area contributed by atoms with Gasteiger partial charge in [0.25, 0.3) is 0 Å². The largest absolute Gasteiger partial charge is 0.271 e. The van der Waals surface area contributed by atoms with Gasteiger partial charge in [-0.2, -0.15) is 0 Å². The molecule has 3 nitrogen and oxygen atoms in total. The SMILES string of the molecule is NNC(Cc1ccc(Cl)cc1F)c1ccnc(Cl)c1. The van der Waals surface area contributed by atoms with Crippen LogP contribution in [0.4, 0.5) is 4.39 Å². The zero-order valence-corrected chi connectivity index (χ0v) is 11.4. The van der Waals surface area contributed by atoms with Gasteiger partial charge in [0.15, 0.2) is 0 Å². The molecule has 0 saturated heterocycles. The van der Waals surface area contributed by atoms with E-state index < -0.39 is 0 Å². The lowest BCUT2D eigenvalue weighted by molar-refractivity contribution is 0.529. The molecule has 0 bridgehead atoms. The van der Waals surface area contributed by atoms with Gasteiger partial charge >= 0.3 is 0 Å². The van der Waals surface area contributed by atoms with Crippen molar-refractivity contribution < 1.29 is 4.39 Å². The van der Waals surface area contributed by atoms with Crippen molar-refractivity contribution in [1.82, 2.24) is 10.4 Å². The zero-order chi connectivity index (χ0) is 13.8. The van der Waals surface area contributed by atoms with Crippen LogP contribution in [0.25, 0.3) is 0 Å². The summed E-state index contributed by atoms with van der Waals surface area (Å²) in [7, 11) is 0. The molecule has 0 spiro atoms. The molecule has 100 valence electrons. The van der Waals surface area contributed by atoms with Crippen molar-refractivity contribution in [1.29, 1.82) is 0 Å². The van der Waals surface area contributed by atoms with E-state index in [4.69, 9.17) is 29.0 Å². The Hall–Kier alpha value is -1.20. The number of benzene rings is 1. The normalized spacial score (nSPS) is 12.4.